The van der Waals surface area contributed by atoms with Crippen molar-refractivity contribution in [3.05, 3.63) is 30.1 Å². The first-order valence-electron chi connectivity index (χ1n) is 5.41. The quantitative estimate of drug-likeness (QED) is 0.827. The zero-order valence-corrected chi connectivity index (χ0v) is 9.93. The second-order valence-electron chi connectivity index (χ2n) is 3.54. The topological polar surface area (TPSA) is 66.8 Å². The molecule has 98 valence electrons. The molecule has 0 bridgehead atoms. The monoisotopic (exact) mass is 255 g/mol. The SMILES string of the molecule is CCN(CC(=O)O)C(=O)COc1ccc(F)cc1. The third kappa shape index (κ3) is 4.40. The van der Waals surface area contributed by atoms with Crippen molar-refractivity contribution >= 4 is 11.9 Å². The zero-order valence-electron chi connectivity index (χ0n) is 9.93. The van der Waals surface area contributed by atoms with E-state index in [0.717, 1.165) is 4.90 Å². The van der Waals surface area contributed by atoms with Crippen molar-refractivity contribution in [1.29, 1.82) is 0 Å². The summed E-state index contributed by atoms with van der Waals surface area (Å²) in [4.78, 5) is 23.3. The number of amides is 1. The van der Waals surface area contributed by atoms with E-state index < -0.39 is 17.7 Å². The van der Waals surface area contributed by atoms with E-state index >= 15 is 0 Å². The van der Waals surface area contributed by atoms with Gasteiger partial charge in [0.25, 0.3) is 5.91 Å². The smallest absolute Gasteiger partial charge is 0.323 e. The number of benzene rings is 1. The number of ether oxygens (including phenoxy) is 1. The standard InChI is InChI=1S/C12H14FNO4/c1-2-14(7-12(16)17)11(15)8-18-10-5-3-9(13)4-6-10/h3-6H,2,7-8H2,1H3,(H,16,17). The average molecular weight is 255 g/mol. The Balaban J connectivity index is 2.49. The van der Waals surface area contributed by atoms with Crippen molar-refractivity contribution in [3.63, 3.8) is 0 Å². The Hall–Kier alpha value is -2.11. The molecule has 0 unspecified atom stereocenters. The molecule has 18 heavy (non-hydrogen) atoms. The fraction of sp³-hybridized carbons (Fsp3) is 0.333. The van der Waals surface area contributed by atoms with Gasteiger partial charge in [0.15, 0.2) is 6.61 Å². The lowest BCUT2D eigenvalue weighted by atomic mass is 10.3. The summed E-state index contributed by atoms with van der Waals surface area (Å²) in [7, 11) is 0. The fourth-order valence-corrected chi connectivity index (χ4v) is 1.31. The Morgan fingerprint density at radius 2 is 1.94 bits per heavy atom. The molecule has 5 nitrogen and oxygen atoms in total. The van der Waals surface area contributed by atoms with E-state index in [2.05, 4.69) is 0 Å². The van der Waals surface area contributed by atoms with Crippen molar-refractivity contribution < 1.29 is 23.8 Å². The highest BCUT2D eigenvalue weighted by molar-refractivity contribution is 5.82. The number of aliphatic carboxylic acids is 1. The van der Waals surface area contributed by atoms with Gasteiger partial charge in [0.1, 0.15) is 18.1 Å². The summed E-state index contributed by atoms with van der Waals surface area (Å²) in [6.45, 7) is 1.34. The van der Waals surface area contributed by atoms with Crippen LogP contribution in [0.4, 0.5) is 4.39 Å². The highest BCUT2D eigenvalue weighted by atomic mass is 19.1. The van der Waals surface area contributed by atoms with Crippen LogP contribution in [0.2, 0.25) is 0 Å². The van der Waals surface area contributed by atoms with Crippen LogP contribution in [0.25, 0.3) is 0 Å². The molecule has 1 amide bonds. The maximum Gasteiger partial charge on any atom is 0.323 e. The van der Waals surface area contributed by atoms with Gasteiger partial charge >= 0.3 is 5.97 Å². The van der Waals surface area contributed by atoms with E-state index in [1.165, 1.54) is 24.3 Å². The second-order valence-corrected chi connectivity index (χ2v) is 3.54. The van der Waals surface area contributed by atoms with Gasteiger partial charge in [-0.1, -0.05) is 0 Å². The molecule has 1 aromatic rings. The van der Waals surface area contributed by atoms with Crippen molar-refractivity contribution in [2.75, 3.05) is 19.7 Å². The number of rotatable bonds is 6. The maximum absolute atomic E-state index is 12.6. The lowest BCUT2D eigenvalue weighted by molar-refractivity contribution is -0.145. The first-order chi connectivity index (χ1) is 8.52. The summed E-state index contributed by atoms with van der Waals surface area (Å²) >= 11 is 0. The van der Waals surface area contributed by atoms with Crippen LogP contribution >= 0.6 is 0 Å². The molecule has 0 fully saturated rings. The number of carbonyl (C=O) groups excluding carboxylic acids is 1. The van der Waals surface area contributed by atoms with Crippen LogP contribution in [0.15, 0.2) is 24.3 Å². The maximum atomic E-state index is 12.6. The average Bonchev–Trinajstić information content (AvgIpc) is 2.34. The van der Waals surface area contributed by atoms with Crippen LogP contribution < -0.4 is 4.74 Å². The zero-order chi connectivity index (χ0) is 13.5. The first-order valence-corrected chi connectivity index (χ1v) is 5.41. The molecule has 1 aromatic carbocycles. The number of halogens is 1. The van der Waals surface area contributed by atoms with E-state index in [9.17, 15) is 14.0 Å². The summed E-state index contributed by atoms with van der Waals surface area (Å²) < 4.78 is 17.8. The molecule has 0 aliphatic heterocycles. The molecule has 0 aliphatic rings. The van der Waals surface area contributed by atoms with Crippen molar-refractivity contribution in [2.24, 2.45) is 0 Å². The van der Waals surface area contributed by atoms with Crippen LogP contribution in [-0.2, 0) is 9.59 Å². The molecule has 0 saturated heterocycles. The second kappa shape index (κ2) is 6.58. The normalized spacial score (nSPS) is 9.89. The van der Waals surface area contributed by atoms with Crippen LogP contribution in [0.5, 0.6) is 5.75 Å². The van der Waals surface area contributed by atoms with Gasteiger partial charge in [0.05, 0.1) is 0 Å². The molecule has 0 spiro atoms. The number of carboxylic acid groups (broad SMARTS) is 1. The van der Waals surface area contributed by atoms with Gasteiger partial charge in [-0.05, 0) is 31.2 Å². The largest absolute Gasteiger partial charge is 0.484 e. The van der Waals surface area contributed by atoms with Gasteiger partial charge in [0, 0.05) is 6.54 Å². The Morgan fingerprint density at radius 3 is 2.44 bits per heavy atom. The number of nitrogens with zero attached hydrogens (tertiary/aromatic N) is 1. The lowest BCUT2D eigenvalue weighted by Crippen LogP contribution is -2.38. The number of likely N-dealkylation sites (N-methyl/N-ethyl adjacent to an activating group) is 1. The van der Waals surface area contributed by atoms with Gasteiger partial charge in [-0.25, -0.2) is 4.39 Å². The lowest BCUT2D eigenvalue weighted by Gasteiger charge is -2.18. The van der Waals surface area contributed by atoms with Gasteiger partial charge in [-0.15, -0.1) is 0 Å². The van der Waals surface area contributed by atoms with Crippen LogP contribution in [0, 0.1) is 5.82 Å². The summed E-state index contributed by atoms with van der Waals surface area (Å²) in [6.07, 6.45) is 0. The third-order valence-electron chi connectivity index (χ3n) is 2.24. The molecule has 0 saturated carbocycles. The summed E-state index contributed by atoms with van der Waals surface area (Å²) in [5, 5.41) is 8.60. The number of hydrogen-bond acceptors (Lipinski definition) is 3. The van der Waals surface area contributed by atoms with E-state index in [4.69, 9.17) is 9.84 Å². The highest BCUT2D eigenvalue weighted by Gasteiger charge is 2.15. The van der Waals surface area contributed by atoms with E-state index in [1.54, 1.807) is 6.92 Å². The van der Waals surface area contributed by atoms with Crippen molar-refractivity contribution in [3.8, 4) is 5.75 Å². The fourth-order valence-electron chi connectivity index (χ4n) is 1.31. The summed E-state index contributed by atoms with van der Waals surface area (Å²) in [5.74, 6) is -1.54. The van der Waals surface area contributed by atoms with E-state index in [-0.39, 0.29) is 19.7 Å². The van der Waals surface area contributed by atoms with Crippen LogP contribution in [0.3, 0.4) is 0 Å². The minimum atomic E-state index is -1.08. The number of hydrogen-bond donors (Lipinski definition) is 1. The Labute approximate surface area is 104 Å². The van der Waals surface area contributed by atoms with Crippen LogP contribution in [0.1, 0.15) is 6.92 Å². The Bertz CT molecular complexity index is 419. The van der Waals surface area contributed by atoms with Crippen molar-refractivity contribution in [1.82, 2.24) is 4.90 Å². The molecular formula is C12H14FNO4. The number of carbonyl (C=O) groups is 2. The predicted octanol–water partition coefficient (Wildman–Crippen LogP) is 1.14. The Morgan fingerprint density at radius 1 is 1.33 bits per heavy atom. The minimum absolute atomic E-state index is 0.271. The third-order valence-corrected chi connectivity index (χ3v) is 2.24. The molecule has 6 heteroatoms. The molecule has 1 rings (SSSR count). The van der Waals surface area contributed by atoms with Gasteiger partial charge in [-0.2, -0.15) is 0 Å². The number of carboxylic acids is 1. The van der Waals surface area contributed by atoms with Crippen LogP contribution in [-0.4, -0.2) is 41.6 Å². The highest BCUT2D eigenvalue weighted by Crippen LogP contribution is 2.11. The molecular weight excluding hydrogens is 241 g/mol. The van der Waals surface area contributed by atoms with Gasteiger partial charge in [0.2, 0.25) is 0 Å². The first kappa shape index (κ1) is 14.0. The van der Waals surface area contributed by atoms with Crippen molar-refractivity contribution in [2.45, 2.75) is 6.92 Å². The Kier molecular flexibility index (Phi) is 5.10. The molecule has 1 N–H and O–H groups in total. The molecule has 0 atom stereocenters. The molecule has 0 radical (unpaired) electrons. The molecule has 0 aromatic heterocycles. The van der Waals surface area contributed by atoms with E-state index in [0.29, 0.717) is 5.75 Å². The summed E-state index contributed by atoms with van der Waals surface area (Å²) in [6, 6.07) is 5.23. The van der Waals surface area contributed by atoms with E-state index in [1.807, 2.05) is 0 Å². The predicted molar refractivity (Wildman–Crippen MR) is 61.8 cm³/mol. The van der Waals surface area contributed by atoms with Gasteiger partial charge < -0.3 is 14.7 Å². The molecule has 0 heterocycles. The minimum Gasteiger partial charge on any atom is -0.484 e. The van der Waals surface area contributed by atoms with Gasteiger partial charge in [-0.3, -0.25) is 9.59 Å². The molecule has 0 aliphatic carbocycles. The summed E-state index contributed by atoms with van der Waals surface area (Å²) in [5.41, 5.74) is 0.